The molecule has 4 nitrogen and oxygen atoms in total. The first-order valence-electron chi connectivity index (χ1n) is 7.04. The molecule has 2 heterocycles. The summed E-state index contributed by atoms with van der Waals surface area (Å²) in [6.07, 6.45) is 9.38. The Hall–Kier alpha value is -1.58. The van der Waals surface area contributed by atoms with Crippen molar-refractivity contribution in [3.05, 3.63) is 47.7 Å². The minimum absolute atomic E-state index is 0.126. The second-order valence-electron chi connectivity index (χ2n) is 5.33. The Morgan fingerprint density at radius 2 is 2.29 bits per heavy atom. The van der Waals surface area contributed by atoms with Gasteiger partial charge >= 0.3 is 133 Å². The number of hydrogen-bond donors (Lipinski definition) is 1. The van der Waals surface area contributed by atoms with Crippen molar-refractivity contribution in [1.82, 2.24) is 4.98 Å². The Bertz CT molecular complexity index is 624. The summed E-state index contributed by atoms with van der Waals surface area (Å²) < 4.78 is 5.36. The monoisotopic (exact) mass is 348 g/mol. The van der Waals surface area contributed by atoms with Gasteiger partial charge in [0.1, 0.15) is 0 Å². The maximum atomic E-state index is 6.04. The predicted molar refractivity (Wildman–Crippen MR) is 84.9 cm³/mol. The van der Waals surface area contributed by atoms with Crippen molar-refractivity contribution < 1.29 is 4.74 Å². The van der Waals surface area contributed by atoms with Gasteiger partial charge in [-0.1, -0.05) is 0 Å². The summed E-state index contributed by atoms with van der Waals surface area (Å²) in [5.41, 5.74) is 8.13. The fourth-order valence-electron chi connectivity index (χ4n) is 2.56. The predicted octanol–water partition coefficient (Wildman–Crippen LogP) is 2.00. The van der Waals surface area contributed by atoms with Gasteiger partial charge in [0.25, 0.3) is 0 Å². The van der Waals surface area contributed by atoms with Crippen LogP contribution in [0, 0.1) is 5.92 Å². The van der Waals surface area contributed by atoms with Crippen LogP contribution in [-0.2, 0) is 0 Å². The van der Waals surface area contributed by atoms with Crippen LogP contribution >= 0.6 is 0 Å². The summed E-state index contributed by atoms with van der Waals surface area (Å²) in [5.74, 6) is 2.06. The number of aromatic nitrogens is 1. The van der Waals surface area contributed by atoms with Crippen molar-refractivity contribution in [3.63, 3.8) is 0 Å². The van der Waals surface area contributed by atoms with Crippen molar-refractivity contribution >= 4 is 21.8 Å². The number of amidine groups is 1. The molecule has 3 rings (SSSR count). The molecule has 0 aromatic carbocycles. The van der Waals surface area contributed by atoms with Crippen LogP contribution in [0.3, 0.4) is 0 Å². The summed E-state index contributed by atoms with van der Waals surface area (Å²) in [4.78, 5) is 9.35. The zero-order valence-electron chi connectivity index (χ0n) is 11.9. The molecule has 1 saturated carbocycles. The summed E-state index contributed by atoms with van der Waals surface area (Å²) in [6.45, 7) is 0.654. The molecule has 1 aromatic heterocycles. The van der Waals surface area contributed by atoms with E-state index in [-0.39, 0.29) is 5.92 Å². The van der Waals surface area contributed by atoms with E-state index in [1.54, 1.807) is 13.3 Å². The van der Waals surface area contributed by atoms with Crippen molar-refractivity contribution in [2.45, 2.75) is 17.2 Å². The first kappa shape index (κ1) is 14.4. The number of hydrogen-bond acceptors (Lipinski definition) is 4. The van der Waals surface area contributed by atoms with Gasteiger partial charge in [-0.25, -0.2) is 0 Å². The number of ether oxygens (including phenoxy) is 1. The van der Waals surface area contributed by atoms with Crippen LogP contribution in [0.4, 0.5) is 0 Å². The number of aliphatic imine (C=N–C) groups is 1. The van der Waals surface area contributed by atoms with E-state index in [1.165, 1.54) is 6.42 Å². The van der Waals surface area contributed by atoms with Gasteiger partial charge in [0, 0.05) is 0 Å². The quantitative estimate of drug-likeness (QED) is 0.848. The Morgan fingerprint density at radius 3 is 3.00 bits per heavy atom. The molecule has 1 aliphatic carbocycles. The molecule has 1 radical (unpaired) electrons. The molecule has 0 spiro atoms. The molecule has 109 valence electrons. The molecule has 3 atom stereocenters. The Labute approximate surface area is 133 Å². The molecular formula is C16H18N3OSe. The van der Waals surface area contributed by atoms with E-state index in [4.69, 9.17) is 10.5 Å². The average molecular weight is 347 g/mol. The third kappa shape index (κ3) is 3.04. The second kappa shape index (κ2) is 6.04. The molecular weight excluding hydrogens is 329 g/mol. The van der Waals surface area contributed by atoms with Gasteiger partial charge in [-0.15, -0.1) is 0 Å². The molecule has 1 fully saturated rings. The van der Waals surface area contributed by atoms with Crippen LogP contribution in [0.25, 0.3) is 0 Å². The topological polar surface area (TPSA) is 60.5 Å². The fourth-order valence-corrected chi connectivity index (χ4v) is 3.21. The van der Waals surface area contributed by atoms with Crippen molar-refractivity contribution in [2.24, 2.45) is 16.6 Å². The van der Waals surface area contributed by atoms with Gasteiger partial charge in [0.15, 0.2) is 0 Å². The molecule has 3 unspecified atom stereocenters. The van der Waals surface area contributed by atoms with Crippen LogP contribution in [-0.4, -0.2) is 40.5 Å². The first-order chi connectivity index (χ1) is 10.2. The normalized spacial score (nSPS) is 29.9. The van der Waals surface area contributed by atoms with Crippen molar-refractivity contribution in [1.29, 1.82) is 0 Å². The zero-order chi connectivity index (χ0) is 14.8. The number of nitrogens with two attached hydrogens (primary N) is 1. The van der Waals surface area contributed by atoms with Gasteiger partial charge in [-0.2, -0.15) is 0 Å². The molecule has 1 aliphatic heterocycles. The summed E-state index contributed by atoms with van der Waals surface area (Å²) >= 11 is 3.16. The van der Waals surface area contributed by atoms with E-state index >= 15 is 0 Å². The maximum absolute atomic E-state index is 6.04. The molecule has 0 amide bonds. The number of nitrogens with zero attached hydrogens (tertiary/aromatic N) is 2. The van der Waals surface area contributed by atoms with Crippen LogP contribution in [0.5, 0.6) is 5.88 Å². The minimum atomic E-state index is 0.126. The Kier molecular flexibility index (Phi) is 4.13. The molecule has 21 heavy (non-hydrogen) atoms. The molecule has 2 N–H and O–H groups in total. The van der Waals surface area contributed by atoms with E-state index < -0.39 is 0 Å². The fraction of sp³-hybridized carbons (Fsp3) is 0.375. The number of allylic oxidation sites excluding steroid dienone is 3. The van der Waals surface area contributed by atoms with Crippen LogP contribution in [0.1, 0.15) is 17.9 Å². The Balaban J connectivity index is 1.84. The van der Waals surface area contributed by atoms with E-state index in [0.29, 0.717) is 29.0 Å². The molecule has 1 aromatic rings. The van der Waals surface area contributed by atoms with Gasteiger partial charge in [-0.05, 0) is 0 Å². The number of pyridine rings is 1. The first-order valence-corrected chi connectivity index (χ1v) is 8.03. The van der Waals surface area contributed by atoms with E-state index in [1.807, 2.05) is 12.1 Å². The van der Waals surface area contributed by atoms with Crippen molar-refractivity contribution in [2.75, 3.05) is 13.7 Å². The standard InChI is InChI=1S/C16H18N3OSe/c1-20-16-12(6-3-7-18-16)13-9-19-15(17)11(13)5-2-4-10-8-14(10)21/h2-7,10,13-14H,8-9H2,1H3,(H2,17,19)/b4-2+,11-5-. The third-order valence-corrected chi connectivity index (χ3v) is 5.03. The molecule has 0 saturated heterocycles. The number of rotatable bonds is 4. The molecule has 2 aliphatic rings. The second-order valence-corrected chi connectivity index (χ2v) is 6.60. The SMILES string of the molecule is COc1ncccc1C1CN=C(N)/C1=C\C=C\C1CC1[Se]. The van der Waals surface area contributed by atoms with Gasteiger partial charge in [0.2, 0.25) is 0 Å². The molecule has 5 heteroatoms. The number of methoxy groups -OCH3 is 1. The third-order valence-electron chi connectivity index (χ3n) is 3.90. The van der Waals surface area contributed by atoms with Gasteiger partial charge in [-0.3, -0.25) is 0 Å². The van der Waals surface area contributed by atoms with Crippen LogP contribution < -0.4 is 10.5 Å². The summed E-state index contributed by atoms with van der Waals surface area (Å²) in [5, 5.41) is 0. The van der Waals surface area contributed by atoms with E-state index in [9.17, 15) is 0 Å². The van der Waals surface area contributed by atoms with Crippen LogP contribution in [0.2, 0.25) is 4.82 Å². The van der Waals surface area contributed by atoms with Crippen molar-refractivity contribution in [3.8, 4) is 5.88 Å². The average Bonchev–Trinajstić information content (AvgIpc) is 3.08. The Morgan fingerprint density at radius 1 is 1.48 bits per heavy atom. The van der Waals surface area contributed by atoms with E-state index in [2.05, 4.69) is 44.2 Å². The summed E-state index contributed by atoms with van der Waals surface area (Å²) in [6, 6.07) is 3.95. The molecule has 0 bridgehead atoms. The zero-order valence-corrected chi connectivity index (χ0v) is 13.6. The van der Waals surface area contributed by atoms with Gasteiger partial charge in [0.05, 0.1) is 0 Å². The van der Waals surface area contributed by atoms with Crippen LogP contribution in [0.15, 0.2) is 47.1 Å². The van der Waals surface area contributed by atoms with Gasteiger partial charge < -0.3 is 0 Å². The van der Waals surface area contributed by atoms with E-state index in [0.717, 1.165) is 11.1 Å². The summed E-state index contributed by atoms with van der Waals surface area (Å²) in [7, 11) is 1.64.